The average molecular weight is 498 g/mol. The lowest BCUT2D eigenvalue weighted by atomic mass is 9.96. The number of methoxy groups -OCH3 is 1. The van der Waals surface area contributed by atoms with Crippen molar-refractivity contribution >= 4 is 29.3 Å². The Bertz CT molecular complexity index is 1130. The molecule has 3 fully saturated rings. The Morgan fingerprint density at radius 2 is 1.71 bits per heavy atom. The van der Waals surface area contributed by atoms with Gasteiger partial charge in [0.05, 0.1) is 24.3 Å². The SMILES string of the molecule is COc1ccc(C(=O)N2C(C(=O)NC3CC3)COC23CCN(C(=O)c2ccccc2Cl)CC3)cc1. The van der Waals surface area contributed by atoms with E-state index in [0.29, 0.717) is 47.8 Å². The van der Waals surface area contributed by atoms with Crippen LogP contribution < -0.4 is 10.1 Å². The van der Waals surface area contributed by atoms with Crippen LogP contribution in [0, 0.1) is 0 Å². The summed E-state index contributed by atoms with van der Waals surface area (Å²) in [4.78, 5) is 43.2. The molecule has 184 valence electrons. The summed E-state index contributed by atoms with van der Waals surface area (Å²) in [6.07, 6.45) is 2.71. The molecule has 8 nitrogen and oxygen atoms in total. The van der Waals surface area contributed by atoms with Gasteiger partial charge in [0.15, 0.2) is 0 Å². The molecule has 1 aliphatic carbocycles. The van der Waals surface area contributed by atoms with Crippen molar-refractivity contribution in [3.8, 4) is 5.75 Å². The van der Waals surface area contributed by atoms with Crippen molar-refractivity contribution in [2.75, 3.05) is 26.8 Å². The first-order chi connectivity index (χ1) is 16.9. The van der Waals surface area contributed by atoms with Gasteiger partial charge in [0.2, 0.25) is 5.91 Å². The molecule has 35 heavy (non-hydrogen) atoms. The van der Waals surface area contributed by atoms with Crippen LogP contribution in [0.2, 0.25) is 5.02 Å². The second-order valence-corrected chi connectivity index (χ2v) is 9.64. The van der Waals surface area contributed by atoms with Crippen LogP contribution in [0.3, 0.4) is 0 Å². The molecular weight excluding hydrogens is 470 g/mol. The van der Waals surface area contributed by atoms with Crippen molar-refractivity contribution < 1.29 is 23.9 Å². The molecule has 9 heteroatoms. The Kier molecular flexibility index (Phi) is 6.42. The van der Waals surface area contributed by atoms with Gasteiger partial charge >= 0.3 is 0 Å². The van der Waals surface area contributed by atoms with E-state index in [1.807, 2.05) is 0 Å². The monoisotopic (exact) mass is 497 g/mol. The van der Waals surface area contributed by atoms with Crippen molar-refractivity contribution in [2.24, 2.45) is 0 Å². The second kappa shape index (κ2) is 9.51. The van der Waals surface area contributed by atoms with Gasteiger partial charge in [0.25, 0.3) is 11.8 Å². The highest BCUT2D eigenvalue weighted by Gasteiger charge is 2.54. The normalized spacial score (nSPS) is 21.1. The number of nitrogens with zero attached hydrogens (tertiary/aromatic N) is 2. The highest BCUT2D eigenvalue weighted by Crippen LogP contribution is 2.39. The van der Waals surface area contributed by atoms with Crippen molar-refractivity contribution in [1.82, 2.24) is 15.1 Å². The van der Waals surface area contributed by atoms with Crippen LogP contribution in [0.4, 0.5) is 0 Å². The van der Waals surface area contributed by atoms with E-state index in [0.717, 1.165) is 12.8 Å². The summed E-state index contributed by atoms with van der Waals surface area (Å²) < 4.78 is 11.4. The van der Waals surface area contributed by atoms with Crippen molar-refractivity contribution in [2.45, 2.75) is 43.5 Å². The highest BCUT2D eigenvalue weighted by atomic mass is 35.5. The van der Waals surface area contributed by atoms with Gasteiger partial charge in [-0.3, -0.25) is 19.3 Å². The zero-order valence-electron chi connectivity index (χ0n) is 19.5. The standard InChI is InChI=1S/C26H28ClN3O5/c1-34-19-10-6-17(7-11-19)24(32)30-22(23(31)28-18-8-9-18)16-35-26(30)12-14-29(15-13-26)25(33)20-4-2-3-5-21(20)27/h2-7,10-11,18,22H,8-9,12-16H2,1H3,(H,28,31). The lowest BCUT2D eigenvalue weighted by Gasteiger charge is -2.44. The van der Waals surface area contributed by atoms with E-state index in [1.165, 1.54) is 0 Å². The quantitative estimate of drug-likeness (QED) is 0.685. The number of rotatable bonds is 5. The van der Waals surface area contributed by atoms with Gasteiger partial charge in [-0.05, 0) is 49.2 Å². The number of amides is 3. The molecule has 3 aliphatic rings. The lowest BCUT2D eigenvalue weighted by molar-refractivity contribution is -0.128. The Balaban J connectivity index is 1.38. The summed E-state index contributed by atoms with van der Waals surface area (Å²) in [5, 5.41) is 3.42. The zero-order valence-corrected chi connectivity index (χ0v) is 20.3. The molecule has 1 unspecified atom stereocenters. The number of hydrogen-bond donors (Lipinski definition) is 1. The summed E-state index contributed by atoms with van der Waals surface area (Å²) in [5.74, 6) is 0.0237. The molecule has 2 aromatic carbocycles. The summed E-state index contributed by atoms with van der Waals surface area (Å²) >= 11 is 6.24. The third kappa shape index (κ3) is 4.60. The number of halogens is 1. The van der Waals surface area contributed by atoms with Crippen LogP contribution >= 0.6 is 11.6 Å². The van der Waals surface area contributed by atoms with Gasteiger partial charge in [-0.2, -0.15) is 0 Å². The fourth-order valence-electron chi connectivity index (χ4n) is 4.83. The molecule has 1 N–H and O–H groups in total. The predicted octanol–water partition coefficient (Wildman–Crippen LogP) is 3.10. The van der Waals surface area contributed by atoms with E-state index in [4.69, 9.17) is 21.1 Å². The maximum Gasteiger partial charge on any atom is 0.256 e. The topological polar surface area (TPSA) is 88.2 Å². The molecular formula is C26H28ClN3O5. The van der Waals surface area contributed by atoms with Gasteiger partial charge in [0.1, 0.15) is 17.5 Å². The van der Waals surface area contributed by atoms with Crippen molar-refractivity contribution in [1.29, 1.82) is 0 Å². The van der Waals surface area contributed by atoms with E-state index >= 15 is 0 Å². The number of likely N-dealkylation sites (tertiary alicyclic amines) is 1. The smallest absolute Gasteiger partial charge is 0.256 e. The van der Waals surface area contributed by atoms with E-state index in [-0.39, 0.29) is 30.4 Å². The molecule has 1 saturated carbocycles. The third-order valence-corrected chi connectivity index (χ3v) is 7.31. The number of benzene rings is 2. The molecule has 3 amide bonds. The summed E-state index contributed by atoms with van der Waals surface area (Å²) in [6, 6.07) is 13.2. The number of hydrogen-bond acceptors (Lipinski definition) is 5. The molecule has 2 aromatic rings. The van der Waals surface area contributed by atoms with Crippen LogP contribution in [-0.2, 0) is 9.53 Å². The van der Waals surface area contributed by atoms with Crippen LogP contribution in [0.5, 0.6) is 5.75 Å². The first-order valence-electron chi connectivity index (χ1n) is 11.9. The molecule has 1 atom stereocenters. The molecule has 0 radical (unpaired) electrons. The summed E-state index contributed by atoms with van der Waals surface area (Å²) in [6.45, 7) is 0.889. The summed E-state index contributed by atoms with van der Waals surface area (Å²) in [7, 11) is 1.57. The van der Waals surface area contributed by atoms with Crippen LogP contribution in [0.25, 0.3) is 0 Å². The Labute approximate surface area is 209 Å². The van der Waals surface area contributed by atoms with E-state index in [9.17, 15) is 14.4 Å². The average Bonchev–Trinajstić information content (AvgIpc) is 3.63. The minimum absolute atomic E-state index is 0.124. The first kappa shape index (κ1) is 23.6. The maximum absolute atomic E-state index is 13.7. The Morgan fingerprint density at radius 3 is 2.34 bits per heavy atom. The molecule has 5 rings (SSSR count). The fraction of sp³-hybridized carbons (Fsp3) is 0.423. The van der Waals surface area contributed by atoms with Gasteiger partial charge < -0.3 is 19.7 Å². The minimum Gasteiger partial charge on any atom is -0.497 e. The third-order valence-electron chi connectivity index (χ3n) is 6.98. The van der Waals surface area contributed by atoms with Gasteiger partial charge in [-0.25, -0.2) is 0 Å². The maximum atomic E-state index is 13.7. The number of nitrogens with one attached hydrogen (secondary N) is 1. The van der Waals surface area contributed by atoms with Crippen molar-refractivity contribution in [3.05, 3.63) is 64.7 Å². The van der Waals surface area contributed by atoms with E-state index in [1.54, 1.807) is 65.4 Å². The van der Waals surface area contributed by atoms with Gasteiger partial charge in [-0.1, -0.05) is 23.7 Å². The first-order valence-corrected chi connectivity index (χ1v) is 12.3. The number of ether oxygens (including phenoxy) is 2. The van der Waals surface area contributed by atoms with Crippen LogP contribution in [0.15, 0.2) is 48.5 Å². The van der Waals surface area contributed by atoms with E-state index in [2.05, 4.69) is 5.32 Å². The zero-order chi connectivity index (χ0) is 24.6. The largest absolute Gasteiger partial charge is 0.497 e. The van der Waals surface area contributed by atoms with Gasteiger partial charge in [-0.15, -0.1) is 0 Å². The predicted molar refractivity (Wildman–Crippen MR) is 129 cm³/mol. The molecule has 2 aliphatic heterocycles. The molecule has 0 bridgehead atoms. The van der Waals surface area contributed by atoms with Crippen LogP contribution in [-0.4, -0.2) is 72.1 Å². The second-order valence-electron chi connectivity index (χ2n) is 9.23. The minimum atomic E-state index is -0.959. The summed E-state index contributed by atoms with van der Waals surface area (Å²) in [5.41, 5.74) is -0.0559. The molecule has 2 heterocycles. The Morgan fingerprint density at radius 1 is 1.03 bits per heavy atom. The molecule has 0 aromatic heterocycles. The van der Waals surface area contributed by atoms with Gasteiger partial charge in [0, 0.05) is 37.5 Å². The number of piperidine rings is 1. The van der Waals surface area contributed by atoms with E-state index < -0.39 is 11.8 Å². The highest BCUT2D eigenvalue weighted by molar-refractivity contribution is 6.33. The number of carbonyl (C=O) groups excluding carboxylic acids is 3. The molecule has 1 spiro atoms. The lowest BCUT2D eigenvalue weighted by Crippen LogP contribution is -2.60. The molecule has 2 saturated heterocycles. The van der Waals surface area contributed by atoms with Crippen LogP contribution in [0.1, 0.15) is 46.4 Å². The number of carbonyl (C=O) groups is 3. The van der Waals surface area contributed by atoms with Crippen molar-refractivity contribution in [3.63, 3.8) is 0 Å². The Hall–Kier alpha value is -3.10. The fourth-order valence-corrected chi connectivity index (χ4v) is 5.05.